The van der Waals surface area contributed by atoms with Crippen molar-refractivity contribution in [2.75, 3.05) is 5.32 Å². The van der Waals surface area contributed by atoms with Gasteiger partial charge in [0.1, 0.15) is 5.82 Å². The molecule has 1 amide bonds. The van der Waals surface area contributed by atoms with Crippen LogP contribution in [0, 0.1) is 12.7 Å². The molecule has 0 aliphatic carbocycles. The molecular formula is C22H23ClFN5O. The number of carbonyl (C=O) groups excluding carboxylic acids is 1. The lowest BCUT2D eigenvalue weighted by molar-refractivity contribution is 0.0976. The van der Waals surface area contributed by atoms with Gasteiger partial charge in [0.15, 0.2) is 5.82 Å². The topological polar surface area (TPSA) is 82.2 Å². The minimum Gasteiger partial charge on any atom is -0.309 e. The summed E-state index contributed by atoms with van der Waals surface area (Å²) in [5.74, 6) is -0.502. The number of rotatable bonds is 3. The van der Waals surface area contributed by atoms with Crippen molar-refractivity contribution in [3.8, 4) is 11.3 Å². The molecule has 3 rings (SSSR count). The zero-order chi connectivity index (χ0) is 21.9. The molecule has 0 saturated heterocycles. The number of halogens is 2. The van der Waals surface area contributed by atoms with Crippen LogP contribution in [0.3, 0.4) is 0 Å². The van der Waals surface area contributed by atoms with Crippen LogP contribution in [0.2, 0.25) is 5.02 Å². The van der Waals surface area contributed by atoms with E-state index in [1.54, 1.807) is 0 Å². The van der Waals surface area contributed by atoms with Gasteiger partial charge >= 0.3 is 0 Å². The lowest BCUT2D eigenvalue weighted by atomic mass is 10.1. The third kappa shape index (κ3) is 5.67. The van der Waals surface area contributed by atoms with Crippen LogP contribution in [0.5, 0.6) is 0 Å². The number of carbonyl (C=O) groups is 1. The monoisotopic (exact) mass is 427 g/mol. The van der Waals surface area contributed by atoms with Gasteiger partial charge < -0.3 is 5.32 Å². The Kier molecular flexibility index (Phi) is 6.22. The third-order valence-corrected chi connectivity index (χ3v) is 4.35. The highest BCUT2D eigenvalue weighted by Gasteiger charge is 2.16. The Balaban J connectivity index is 1.81. The van der Waals surface area contributed by atoms with Crippen LogP contribution in [-0.4, -0.2) is 27.6 Å². The molecular weight excluding hydrogens is 405 g/mol. The van der Waals surface area contributed by atoms with E-state index < -0.39 is 17.3 Å². The largest absolute Gasteiger partial charge is 0.309 e. The van der Waals surface area contributed by atoms with E-state index in [1.165, 1.54) is 12.1 Å². The fourth-order valence-electron chi connectivity index (χ4n) is 2.63. The minimum atomic E-state index is -0.665. The third-order valence-electron chi connectivity index (χ3n) is 4.05. The average Bonchev–Trinajstić information content (AvgIpc) is 3.11. The molecule has 8 heteroatoms. The summed E-state index contributed by atoms with van der Waals surface area (Å²) < 4.78 is 13.7. The Morgan fingerprint density at radius 3 is 2.47 bits per heavy atom. The van der Waals surface area contributed by atoms with Gasteiger partial charge in [0.05, 0.1) is 16.3 Å². The molecule has 1 heterocycles. The maximum atomic E-state index is 13.7. The molecule has 0 radical (unpaired) electrons. The van der Waals surface area contributed by atoms with Crippen LogP contribution in [0.25, 0.3) is 11.3 Å². The second-order valence-electron chi connectivity index (χ2n) is 7.87. The van der Waals surface area contributed by atoms with Crippen LogP contribution in [0.1, 0.15) is 36.7 Å². The van der Waals surface area contributed by atoms with E-state index in [2.05, 4.69) is 25.8 Å². The second-order valence-corrected chi connectivity index (χ2v) is 8.28. The maximum Gasteiger partial charge on any atom is 0.258 e. The Morgan fingerprint density at radius 2 is 1.83 bits per heavy atom. The fourth-order valence-corrected chi connectivity index (χ4v) is 2.75. The summed E-state index contributed by atoms with van der Waals surface area (Å²) in [6.45, 7) is 7.70. The molecule has 3 N–H and O–H groups in total. The maximum absolute atomic E-state index is 13.7. The molecule has 0 atom stereocenters. The van der Waals surface area contributed by atoms with Crippen molar-refractivity contribution in [1.29, 1.82) is 0 Å². The van der Waals surface area contributed by atoms with Gasteiger partial charge in [-0.1, -0.05) is 41.4 Å². The summed E-state index contributed by atoms with van der Waals surface area (Å²) in [5, 5.41) is 12.9. The number of nitrogens with zero attached hydrogens (tertiary/aromatic N) is 2. The van der Waals surface area contributed by atoms with Crippen molar-refractivity contribution in [1.82, 2.24) is 15.5 Å². The summed E-state index contributed by atoms with van der Waals surface area (Å²) in [6, 6.07) is 13.7. The normalized spacial score (nSPS) is 12.0. The molecule has 0 fully saturated rings. The molecule has 156 valence electrons. The predicted octanol–water partition coefficient (Wildman–Crippen LogP) is 5.17. The summed E-state index contributed by atoms with van der Waals surface area (Å²) in [4.78, 5) is 17.1. The van der Waals surface area contributed by atoms with Crippen LogP contribution in [0.4, 0.5) is 10.2 Å². The Labute approximate surface area is 179 Å². The standard InChI is InChI=1S/C22H23ClFN5O/c1-13-5-7-14(8-6-13)18-12-19(29-28-18)25-21(27-22(2,3)4)26-20(30)15-9-10-16(23)17(24)11-15/h5-12H,1-4H3,(H3,25,26,27,28,29,30). The number of hydrogen-bond acceptors (Lipinski definition) is 3. The van der Waals surface area contributed by atoms with Gasteiger partial charge in [-0.25, -0.2) is 9.38 Å². The van der Waals surface area contributed by atoms with E-state index in [4.69, 9.17) is 11.6 Å². The van der Waals surface area contributed by atoms with Gasteiger partial charge in [-0.2, -0.15) is 5.10 Å². The van der Waals surface area contributed by atoms with Crippen LogP contribution < -0.4 is 10.6 Å². The van der Waals surface area contributed by atoms with Gasteiger partial charge in [0.25, 0.3) is 5.91 Å². The molecule has 0 aliphatic rings. The van der Waals surface area contributed by atoms with Gasteiger partial charge in [0, 0.05) is 11.6 Å². The minimum absolute atomic E-state index is 0.0478. The van der Waals surface area contributed by atoms with Crippen molar-refractivity contribution >= 4 is 29.3 Å². The van der Waals surface area contributed by atoms with Crippen LogP contribution in [-0.2, 0) is 0 Å². The molecule has 6 nitrogen and oxygen atoms in total. The molecule has 0 aliphatic heterocycles. The molecule has 0 bridgehead atoms. The SMILES string of the molecule is Cc1ccc(-c2cc(NC(=NC(C)(C)C)NC(=O)c3ccc(Cl)c(F)c3)n[nH]2)cc1. The van der Waals surface area contributed by atoms with Gasteiger partial charge in [-0.05, 0) is 51.5 Å². The van der Waals surface area contributed by atoms with Gasteiger partial charge in [0.2, 0.25) is 5.96 Å². The van der Waals surface area contributed by atoms with Crippen molar-refractivity contribution in [2.24, 2.45) is 4.99 Å². The Bertz CT molecular complexity index is 1080. The van der Waals surface area contributed by atoms with E-state index >= 15 is 0 Å². The number of aliphatic imine (C=N–C) groups is 1. The highest BCUT2D eigenvalue weighted by Crippen LogP contribution is 2.20. The first kappa shape index (κ1) is 21.5. The fraction of sp³-hybridized carbons (Fsp3) is 0.227. The van der Waals surface area contributed by atoms with Crippen molar-refractivity contribution in [3.05, 3.63) is 70.5 Å². The lowest BCUT2D eigenvalue weighted by Crippen LogP contribution is -2.38. The summed E-state index contributed by atoms with van der Waals surface area (Å²) in [5.41, 5.74) is 2.62. The smallest absolute Gasteiger partial charge is 0.258 e. The predicted molar refractivity (Wildman–Crippen MR) is 118 cm³/mol. The first-order chi connectivity index (χ1) is 14.1. The highest BCUT2D eigenvalue weighted by atomic mass is 35.5. The Morgan fingerprint density at radius 1 is 1.13 bits per heavy atom. The molecule has 0 unspecified atom stereocenters. The number of benzene rings is 2. The van der Waals surface area contributed by atoms with Crippen molar-refractivity contribution in [2.45, 2.75) is 33.2 Å². The zero-order valence-electron chi connectivity index (χ0n) is 17.2. The lowest BCUT2D eigenvalue weighted by Gasteiger charge is -2.17. The Hall–Kier alpha value is -3.19. The van der Waals surface area contributed by atoms with Crippen LogP contribution >= 0.6 is 11.6 Å². The second kappa shape index (κ2) is 8.67. The van der Waals surface area contributed by atoms with E-state index in [9.17, 15) is 9.18 Å². The highest BCUT2D eigenvalue weighted by molar-refractivity contribution is 6.30. The number of nitrogens with one attached hydrogen (secondary N) is 3. The van der Waals surface area contributed by atoms with Gasteiger partial charge in [-0.15, -0.1) is 0 Å². The molecule has 0 spiro atoms. The van der Waals surface area contributed by atoms with E-state index in [1.807, 2.05) is 58.0 Å². The molecule has 2 aromatic carbocycles. The number of aromatic amines is 1. The average molecular weight is 428 g/mol. The number of guanidine groups is 1. The molecule has 0 saturated carbocycles. The van der Waals surface area contributed by atoms with Crippen molar-refractivity contribution in [3.63, 3.8) is 0 Å². The van der Waals surface area contributed by atoms with Crippen LogP contribution in [0.15, 0.2) is 53.5 Å². The number of hydrogen-bond donors (Lipinski definition) is 3. The zero-order valence-corrected chi connectivity index (χ0v) is 17.9. The summed E-state index contributed by atoms with van der Waals surface area (Å²) >= 11 is 5.69. The molecule has 1 aromatic heterocycles. The number of aryl methyl sites for hydroxylation is 1. The summed E-state index contributed by atoms with van der Waals surface area (Å²) in [7, 11) is 0. The first-order valence-electron chi connectivity index (χ1n) is 9.36. The van der Waals surface area contributed by atoms with Gasteiger partial charge in [-0.3, -0.25) is 15.2 Å². The number of amides is 1. The number of H-pyrrole nitrogens is 1. The molecule has 30 heavy (non-hydrogen) atoms. The summed E-state index contributed by atoms with van der Waals surface area (Å²) in [6.07, 6.45) is 0. The van der Waals surface area contributed by atoms with E-state index in [0.29, 0.717) is 5.82 Å². The molecule has 3 aromatic rings. The number of anilines is 1. The van der Waals surface area contributed by atoms with Crippen molar-refractivity contribution < 1.29 is 9.18 Å². The first-order valence-corrected chi connectivity index (χ1v) is 9.74. The number of aromatic nitrogens is 2. The quantitative estimate of drug-likeness (QED) is 0.398. The van der Waals surface area contributed by atoms with E-state index in [-0.39, 0.29) is 16.5 Å². The van der Waals surface area contributed by atoms with E-state index in [0.717, 1.165) is 22.9 Å².